The monoisotopic (exact) mass is 158 g/mol. The first-order valence-corrected chi connectivity index (χ1v) is 3.02. The Morgan fingerprint density at radius 2 is 2.27 bits per heavy atom. The second kappa shape index (κ2) is 4.51. The molecule has 6 nitrogen and oxygen atoms in total. The van der Waals surface area contributed by atoms with Crippen molar-refractivity contribution in [3.05, 3.63) is 0 Å². The highest BCUT2D eigenvalue weighted by molar-refractivity contribution is 5.85. The van der Waals surface area contributed by atoms with E-state index in [1.165, 1.54) is 6.92 Å². The third kappa shape index (κ3) is 3.41. The SMILES string of the molecule is CC(CC(=O)N=N)C(=O)NN. The van der Waals surface area contributed by atoms with Gasteiger partial charge in [0, 0.05) is 12.3 Å². The molecule has 0 bridgehead atoms. The van der Waals surface area contributed by atoms with Crippen LogP contribution in [0.25, 0.3) is 0 Å². The number of nitrogens with one attached hydrogen (secondary N) is 2. The fourth-order valence-electron chi connectivity index (χ4n) is 0.543. The zero-order chi connectivity index (χ0) is 8.85. The van der Waals surface area contributed by atoms with Crippen LogP contribution in [0.2, 0.25) is 0 Å². The highest BCUT2D eigenvalue weighted by Crippen LogP contribution is 2.01. The molecule has 0 aliphatic carbocycles. The molecule has 0 aliphatic heterocycles. The number of rotatable bonds is 3. The summed E-state index contributed by atoms with van der Waals surface area (Å²) in [4.78, 5) is 21.1. The third-order valence-electron chi connectivity index (χ3n) is 1.20. The zero-order valence-electron chi connectivity index (χ0n) is 6.13. The van der Waals surface area contributed by atoms with E-state index >= 15 is 0 Å². The molecular weight excluding hydrogens is 148 g/mol. The van der Waals surface area contributed by atoms with Gasteiger partial charge in [-0.15, -0.1) is 5.11 Å². The second-order valence-electron chi connectivity index (χ2n) is 2.12. The molecule has 0 aromatic carbocycles. The summed E-state index contributed by atoms with van der Waals surface area (Å²) in [5.74, 6) is 3.22. The van der Waals surface area contributed by atoms with Crippen molar-refractivity contribution in [1.82, 2.24) is 5.43 Å². The minimum atomic E-state index is -0.624. The third-order valence-corrected chi connectivity index (χ3v) is 1.20. The topological polar surface area (TPSA) is 108 Å². The summed E-state index contributed by atoms with van der Waals surface area (Å²) in [5, 5.41) is 2.64. The highest BCUT2D eigenvalue weighted by Gasteiger charge is 2.14. The Kier molecular flexibility index (Phi) is 3.97. The molecular formula is C5H10N4O2. The number of hydrogen-bond donors (Lipinski definition) is 3. The van der Waals surface area contributed by atoms with Gasteiger partial charge >= 0.3 is 0 Å². The molecule has 0 saturated carbocycles. The van der Waals surface area contributed by atoms with Crippen LogP contribution in [-0.4, -0.2) is 11.8 Å². The van der Waals surface area contributed by atoms with Gasteiger partial charge in [-0.05, 0) is 0 Å². The zero-order valence-corrected chi connectivity index (χ0v) is 6.13. The number of nitrogens with zero attached hydrogens (tertiary/aromatic N) is 1. The molecule has 11 heavy (non-hydrogen) atoms. The summed E-state index contributed by atoms with van der Waals surface area (Å²) < 4.78 is 0. The lowest BCUT2D eigenvalue weighted by Gasteiger charge is -2.04. The van der Waals surface area contributed by atoms with E-state index in [1.54, 1.807) is 0 Å². The van der Waals surface area contributed by atoms with Crippen molar-refractivity contribution in [3.8, 4) is 0 Å². The van der Waals surface area contributed by atoms with Crippen LogP contribution in [0, 0.1) is 11.4 Å². The molecule has 62 valence electrons. The lowest BCUT2D eigenvalue weighted by molar-refractivity contribution is -0.128. The van der Waals surface area contributed by atoms with Gasteiger partial charge in [0.1, 0.15) is 0 Å². The minimum absolute atomic E-state index is 0.0769. The van der Waals surface area contributed by atoms with Gasteiger partial charge in [0.2, 0.25) is 5.91 Å². The molecule has 0 aliphatic rings. The van der Waals surface area contributed by atoms with Crippen molar-refractivity contribution >= 4 is 11.8 Å². The average molecular weight is 158 g/mol. The molecule has 0 heterocycles. The molecule has 0 aromatic rings. The Hall–Kier alpha value is -1.30. The smallest absolute Gasteiger partial charge is 0.264 e. The molecule has 0 spiro atoms. The lowest BCUT2D eigenvalue weighted by atomic mass is 10.1. The molecule has 1 unspecified atom stereocenters. The second-order valence-corrected chi connectivity index (χ2v) is 2.12. The molecule has 0 saturated heterocycles. The van der Waals surface area contributed by atoms with Crippen LogP contribution < -0.4 is 11.3 Å². The van der Waals surface area contributed by atoms with Crippen molar-refractivity contribution in [1.29, 1.82) is 5.53 Å². The largest absolute Gasteiger partial charge is 0.294 e. The number of hydrogen-bond acceptors (Lipinski definition) is 4. The van der Waals surface area contributed by atoms with Crippen LogP contribution in [-0.2, 0) is 9.59 Å². The van der Waals surface area contributed by atoms with Crippen molar-refractivity contribution < 1.29 is 9.59 Å². The Morgan fingerprint density at radius 3 is 2.64 bits per heavy atom. The van der Waals surface area contributed by atoms with Gasteiger partial charge in [0.15, 0.2) is 0 Å². The fourth-order valence-corrected chi connectivity index (χ4v) is 0.543. The Bertz CT molecular complexity index is 179. The van der Waals surface area contributed by atoms with E-state index in [0.717, 1.165) is 0 Å². The predicted octanol–water partition coefficient (Wildman–Crippen LogP) is -0.440. The van der Waals surface area contributed by atoms with E-state index in [-0.39, 0.29) is 6.42 Å². The molecule has 4 N–H and O–H groups in total. The molecule has 6 heteroatoms. The summed E-state index contributed by atoms with van der Waals surface area (Å²) in [7, 11) is 0. The molecule has 1 atom stereocenters. The Morgan fingerprint density at radius 1 is 1.73 bits per heavy atom. The first kappa shape index (κ1) is 9.70. The summed E-state index contributed by atoms with van der Waals surface area (Å²) in [5.41, 5.74) is 8.21. The van der Waals surface area contributed by atoms with E-state index in [9.17, 15) is 9.59 Å². The number of carbonyl (C=O) groups is 2. The van der Waals surface area contributed by atoms with Crippen LogP contribution in [0.3, 0.4) is 0 Å². The van der Waals surface area contributed by atoms with Crippen molar-refractivity contribution in [2.75, 3.05) is 0 Å². The van der Waals surface area contributed by atoms with Crippen LogP contribution in [0.4, 0.5) is 0 Å². The quantitative estimate of drug-likeness (QED) is 0.224. The van der Waals surface area contributed by atoms with E-state index in [1.807, 2.05) is 5.43 Å². The number of carbonyl (C=O) groups excluding carboxylic acids is 2. The molecule has 0 rings (SSSR count). The maximum atomic E-state index is 10.7. The standard InChI is InChI=1S/C5H10N4O2/c1-3(5(11)9-7)2-4(10)8-6/h3,6H,2,7H2,1H3,(H,9,11). The van der Waals surface area contributed by atoms with Crippen molar-refractivity contribution in [3.63, 3.8) is 0 Å². The normalized spacial score (nSPS) is 11.8. The highest BCUT2D eigenvalue weighted by atomic mass is 16.2. The first-order chi connectivity index (χ1) is 5.11. The Labute approximate surface area is 63.6 Å². The first-order valence-electron chi connectivity index (χ1n) is 3.02. The van der Waals surface area contributed by atoms with E-state index in [2.05, 4.69) is 5.11 Å². The van der Waals surface area contributed by atoms with Gasteiger partial charge in [0.25, 0.3) is 5.91 Å². The maximum Gasteiger partial charge on any atom is 0.264 e. The van der Waals surface area contributed by atoms with Gasteiger partial charge in [-0.2, -0.15) is 0 Å². The number of amides is 2. The van der Waals surface area contributed by atoms with Crippen LogP contribution >= 0.6 is 0 Å². The lowest BCUT2D eigenvalue weighted by Crippen LogP contribution is -2.35. The van der Waals surface area contributed by atoms with Gasteiger partial charge in [-0.25, -0.2) is 11.4 Å². The molecule has 0 aromatic heterocycles. The van der Waals surface area contributed by atoms with Crippen LogP contribution in [0.5, 0.6) is 0 Å². The van der Waals surface area contributed by atoms with Crippen molar-refractivity contribution in [2.24, 2.45) is 16.9 Å². The fraction of sp³-hybridized carbons (Fsp3) is 0.600. The number of hydrazine groups is 1. The molecule has 0 fully saturated rings. The van der Waals surface area contributed by atoms with Crippen LogP contribution in [0.15, 0.2) is 5.11 Å². The van der Waals surface area contributed by atoms with E-state index in [4.69, 9.17) is 11.4 Å². The summed E-state index contributed by atoms with van der Waals surface area (Å²) in [6, 6.07) is 0. The summed E-state index contributed by atoms with van der Waals surface area (Å²) in [6.07, 6.45) is -0.0769. The van der Waals surface area contributed by atoms with Gasteiger partial charge < -0.3 is 0 Å². The van der Waals surface area contributed by atoms with Crippen LogP contribution in [0.1, 0.15) is 13.3 Å². The van der Waals surface area contributed by atoms with E-state index < -0.39 is 17.7 Å². The Balaban J connectivity index is 3.86. The van der Waals surface area contributed by atoms with Gasteiger partial charge in [-0.1, -0.05) is 6.92 Å². The summed E-state index contributed by atoms with van der Waals surface area (Å²) in [6.45, 7) is 1.53. The maximum absolute atomic E-state index is 10.7. The number of nitrogens with two attached hydrogens (primary N) is 1. The van der Waals surface area contributed by atoms with Crippen molar-refractivity contribution in [2.45, 2.75) is 13.3 Å². The summed E-state index contributed by atoms with van der Waals surface area (Å²) >= 11 is 0. The van der Waals surface area contributed by atoms with Gasteiger partial charge in [0.05, 0.1) is 0 Å². The molecule has 2 amide bonds. The molecule has 0 radical (unpaired) electrons. The predicted molar refractivity (Wildman–Crippen MR) is 36.3 cm³/mol. The van der Waals surface area contributed by atoms with E-state index in [0.29, 0.717) is 0 Å². The minimum Gasteiger partial charge on any atom is -0.294 e. The van der Waals surface area contributed by atoms with Gasteiger partial charge in [-0.3, -0.25) is 15.0 Å². The average Bonchev–Trinajstić information content (AvgIpc) is 2.02.